The zero-order valence-corrected chi connectivity index (χ0v) is 32.9. The average Bonchev–Trinajstić information content (AvgIpc) is 3.84. The smallest absolute Gasteiger partial charge is 0.493 e. The van der Waals surface area contributed by atoms with Crippen LogP contribution in [0, 0.1) is 19.8 Å². The van der Waals surface area contributed by atoms with Crippen LogP contribution in [0.4, 0.5) is 5.82 Å². The van der Waals surface area contributed by atoms with Crippen LogP contribution in [0.25, 0.3) is 32.7 Å². The maximum Gasteiger partial charge on any atom is 0.499 e. The van der Waals surface area contributed by atoms with Gasteiger partial charge in [-0.15, -0.1) is 22.7 Å². The molecule has 2 aromatic carbocycles. The lowest BCUT2D eigenvalue weighted by atomic mass is 9.90. The molecule has 0 saturated carbocycles. The van der Waals surface area contributed by atoms with Crippen molar-refractivity contribution in [2.24, 2.45) is 5.92 Å². The number of Topliss-reactive ketones (excluding diaryl/α,β-unsaturated/α-hetero) is 1. The Labute approximate surface area is 329 Å². The average molecular weight is 778 g/mol. The van der Waals surface area contributed by atoms with E-state index in [9.17, 15) is 9.59 Å². The molecule has 4 N–H and O–H groups in total. The number of nitrogen functional groups attached to an aromatic ring is 1. The fourth-order valence-corrected chi connectivity index (χ4v) is 8.10. The molecule has 13 heteroatoms. The molecule has 4 aromatic heterocycles. The van der Waals surface area contributed by atoms with Crippen LogP contribution in [0.15, 0.2) is 96.2 Å². The van der Waals surface area contributed by atoms with Crippen molar-refractivity contribution in [3.05, 3.63) is 122 Å². The molecule has 1 aliphatic heterocycles. The van der Waals surface area contributed by atoms with Crippen LogP contribution in [-0.4, -0.2) is 59.9 Å². The van der Waals surface area contributed by atoms with E-state index in [4.69, 9.17) is 30.0 Å². The molecular weight excluding hydrogens is 733 g/mol. The van der Waals surface area contributed by atoms with Crippen molar-refractivity contribution in [3.63, 3.8) is 0 Å². The van der Waals surface area contributed by atoms with Gasteiger partial charge in [0.25, 0.3) is 0 Å². The van der Waals surface area contributed by atoms with Crippen LogP contribution in [0.5, 0.6) is 11.5 Å². The van der Waals surface area contributed by atoms with Gasteiger partial charge in [-0.2, -0.15) is 0 Å². The molecule has 0 aliphatic carbocycles. The van der Waals surface area contributed by atoms with E-state index in [0.29, 0.717) is 33.6 Å². The summed E-state index contributed by atoms with van der Waals surface area (Å²) in [5.41, 5.74) is 11.1. The Morgan fingerprint density at radius 1 is 0.873 bits per heavy atom. The summed E-state index contributed by atoms with van der Waals surface area (Å²) in [4.78, 5) is 34.9. The Morgan fingerprint density at radius 2 is 1.56 bits per heavy atom. The van der Waals surface area contributed by atoms with Crippen LogP contribution in [0.2, 0.25) is 0 Å². The van der Waals surface area contributed by atoms with Crippen molar-refractivity contribution >= 4 is 46.2 Å². The number of anilines is 1. The summed E-state index contributed by atoms with van der Waals surface area (Å²) in [5, 5.41) is 17.2. The summed E-state index contributed by atoms with van der Waals surface area (Å²) in [7, 11) is 1.90. The number of nitrogens with two attached hydrogens (primary N) is 1. The second-order valence-electron chi connectivity index (χ2n) is 13.4. The van der Waals surface area contributed by atoms with Gasteiger partial charge in [0.1, 0.15) is 5.82 Å². The fourth-order valence-electron chi connectivity index (χ4n) is 6.47. The number of rotatable bonds is 11. The molecule has 284 valence electrons. The predicted molar refractivity (Wildman–Crippen MR) is 222 cm³/mol. The summed E-state index contributed by atoms with van der Waals surface area (Å²) in [6, 6.07) is 22.9. The molecule has 6 aromatic rings. The Bertz CT molecular complexity index is 2310. The zero-order chi connectivity index (χ0) is 39.1. The summed E-state index contributed by atoms with van der Waals surface area (Å²) in [5.74, 6) is 1.91. The van der Waals surface area contributed by atoms with Crippen molar-refractivity contribution in [3.8, 4) is 44.2 Å². The van der Waals surface area contributed by atoms with Gasteiger partial charge in [-0.25, -0.2) is 4.98 Å². The Morgan fingerprint density at radius 3 is 2.18 bits per heavy atom. The summed E-state index contributed by atoms with van der Waals surface area (Å²) >= 11 is 2.96. The van der Waals surface area contributed by atoms with Crippen molar-refractivity contribution in [1.82, 2.24) is 9.55 Å². The first-order valence-corrected chi connectivity index (χ1v) is 19.6. The largest absolute Gasteiger partial charge is 0.499 e. The van der Waals surface area contributed by atoms with Crippen LogP contribution in [-0.2, 0) is 17.7 Å². The number of ketones is 1. The van der Waals surface area contributed by atoms with Crippen LogP contribution in [0.3, 0.4) is 0 Å². The van der Waals surface area contributed by atoms with Crippen molar-refractivity contribution < 1.29 is 29.1 Å². The number of carbonyl (C=O) groups is 1. The van der Waals surface area contributed by atoms with Crippen LogP contribution in [0.1, 0.15) is 38.5 Å². The third kappa shape index (κ3) is 9.80. The van der Waals surface area contributed by atoms with E-state index in [2.05, 4.69) is 4.98 Å². The number of benzene rings is 2. The molecule has 7 rings (SSSR count). The maximum absolute atomic E-state index is 13.7. The maximum atomic E-state index is 13.7. The molecular formula is C42H44BN3O7S2. The van der Waals surface area contributed by atoms with E-state index in [1.54, 1.807) is 44.0 Å². The van der Waals surface area contributed by atoms with E-state index in [1.807, 2.05) is 91.3 Å². The van der Waals surface area contributed by atoms with Crippen LogP contribution < -0.4 is 25.4 Å². The third-order valence-electron chi connectivity index (χ3n) is 9.48. The highest BCUT2D eigenvalue weighted by atomic mass is 32.1. The molecule has 0 unspecified atom stereocenters. The lowest BCUT2D eigenvalue weighted by Crippen LogP contribution is -2.26. The number of carbonyl (C=O) groups excluding carboxylic acids is 1. The number of aryl methyl sites for hydroxylation is 2. The van der Waals surface area contributed by atoms with Gasteiger partial charge in [0.15, 0.2) is 17.3 Å². The standard InChI is InChI=1S/C37H37N3O5S.C5H7BO2S/c1-23-4-11-35(46-23)31-22-40(20-25-12-14-45-15-13-25)21-30(36(31)42)32(41)16-24-5-7-26(8-6-24)29-17-28(19-39-37(29)38)27-9-10-33(43-2)34(18-27)44-3;1-4-2-3-5(9-4)6(7)8/h4-11,17-19,21-22,25H,12-16,20H2,1-3H3,(H2,38,39);2-3,7-8H,1H3. The second kappa shape index (κ2) is 18.1. The molecule has 0 bridgehead atoms. The van der Waals surface area contributed by atoms with Crippen molar-refractivity contribution in [2.75, 3.05) is 33.2 Å². The molecule has 55 heavy (non-hydrogen) atoms. The molecule has 1 aliphatic rings. The number of hydrogen-bond acceptors (Lipinski definition) is 11. The highest BCUT2D eigenvalue weighted by molar-refractivity contribution is 7.22. The number of thiophene rings is 2. The second-order valence-corrected chi connectivity index (χ2v) is 16.0. The number of hydrogen-bond donors (Lipinski definition) is 3. The SMILES string of the molecule is COc1ccc(-c2cnc(N)c(-c3ccc(CC(=O)c4cn(CC5CCOCC5)cc(-c5ccc(C)s5)c4=O)cc3)c2)cc1OC.Cc1ccc(B(O)O)s1. The topological polar surface area (TPSA) is 146 Å². The van der Waals surface area contributed by atoms with Gasteiger partial charge >= 0.3 is 7.12 Å². The van der Waals surface area contributed by atoms with E-state index in [-0.39, 0.29) is 23.2 Å². The van der Waals surface area contributed by atoms with E-state index in [1.165, 1.54) is 11.3 Å². The molecule has 10 nitrogen and oxygen atoms in total. The minimum Gasteiger partial charge on any atom is -0.493 e. The predicted octanol–water partition coefficient (Wildman–Crippen LogP) is 6.80. The molecule has 0 spiro atoms. The first-order valence-electron chi connectivity index (χ1n) is 17.9. The van der Waals surface area contributed by atoms with E-state index < -0.39 is 7.12 Å². The molecule has 0 radical (unpaired) electrons. The van der Waals surface area contributed by atoms with Crippen molar-refractivity contribution in [1.29, 1.82) is 0 Å². The van der Waals surface area contributed by atoms with Gasteiger partial charge in [0.05, 0.1) is 25.3 Å². The lowest BCUT2D eigenvalue weighted by Gasteiger charge is -2.23. The van der Waals surface area contributed by atoms with Gasteiger partial charge < -0.3 is 34.6 Å². The molecule has 5 heterocycles. The molecule has 0 amide bonds. The van der Waals surface area contributed by atoms with Gasteiger partial charge in [0, 0.05) is 75.3 Å². The number of aromatic nitrogens is 2. The van der Waals surface area contributed by atoms with Gasteiger partial charge in [-0.05, 0) is 85.7 Å². The van der Waals surface area contributed by atoms with Gasteiger partial charge in [0.2, 0.25) is 5.43 Å². The third-order valence-corrected chi connectivity index (χ3v) is 11.6. The van der Waals surface area contributed by atoms with Crippen molar-refractivity contribution in [2.45, 2.75) is 39.7 Å². The lowest BCUT2D eigenvalue weighted by molar-refractivity contribution is 0.0612. The minimum atomic E-state index is -1.30. The Hall–Kier alpha value is -5.05. The van der Waals surface area contributed by atoms with Gasteiger partial charge in [-0.3, -0.25) is 9.59 Å². The Balaban J connectivity index is 0.000000502. The summed E-state index contributed by atoms with van der Waals surface area (Å²) in [6.07, 6.45) is 7.42. The molecule has 1 fully saturated rings. The molecule has 0 atom stereocenters. The monoisotopic (exact) mass is 777 g/mol. The first kappa shape index (κ1) is 39.6. The number of pyridine rings is 2. The van der Waals surface area contributed by atoms with E-state index >= 15 is 0 Å². The quantitative estimate of drug-likeness (QED) is 0.0955. The zero-order valence-electron chi connectivity index (χ0n) is 31.3. The number of ether oxygens (including phenoxy) is 3. The normalized spacial score (nSPS) is 12.8. The van der Waals surface area contributed by atoms with E-state index in [0.717, 1.165) is 75.0 Å². The highest BCUT2D eigenvalue weighted by Crippen LogP contribution is 2.35. The summed E-state index contributed by atoms with van der Waals surface area (Å²) in [6.45, 7) is 6.17. The first-order chi connectivity index (χ1) is 26.5. The number of methoxy groups -OCH3 is 2. The van der Waals surface area contributed by atoms with Gasteiger partial charge in [-0.1, -0.05) is 36.4 Å². The minimum absolute atomic E-state index is 0.110. The van der Waals surface area contributed by atoms with Crippen LogP contribution >= 0.6 is 22.7 Å². The Kier molecular flexibility index (Phi) is 13.0. The summed E-state index contributed by atoms with van der Waals surface area (Å²) < 4.78 is 19.0. The highest BCUT2D eigenvalue weighted by Gasteiger charge is 2.21. The number of nitrogens with zero attached hydrogens (tertiary/aromatic N) is 2. The fraction of sp³-hybridized carbons (Fsp3) is 0.262. The molecule has 1 saturated heterocycles.